The second-order valence-corrected chi connectivity index (χ2v) is 6.53. The minimum atomic E-state index is -0.192. The monoisotopic (exact) mass is 314 g/mol. The van der Waals surface area contributed by atoms with Crippen LogP contribution in [0.4, 0.5) is 0 Å². The highest BCUT2D eigenvalue weighted by Crippen LogP contribution is 2.32. The van der Waals surface area contributed by atoms with Crippen LogP contribution in [-0.2, 0) is 0 Å². The Hall–Kier alpha value is -1.68. The third-order valence-electron chi connectivity index (χ3n) is 3.34. The lowest BCUT2D eigenvalue weighted by molar-refractivity contribution is 0.859. The number of nitrogens with two attached hydrogens (primary N) is 1. The molecule has 2 nitrogen and oxygen atoms in total. The molecule has 1 aromatic heterocycles. The standard InChI is InChI=1S/C17H15ClN2S/c1-11-16(13-8-5-9-14(18)10-13)20-17(21-11)15(19)12-6-3-2-4-7-12/h2-10,15H,19H2,1H3. The average molecular weight is 315 g/mol. The van der Waals surface area contributed by atoms with Gasteiger partial charge in [-0.2, -0.15) is 0 Å². The molecule has 21 heavy (non-hydrogen) atoms. The molecule has 106 valence electrons. The van der Waals surface area contributed by atoms with Crippen molar-refractivity contribution < 1.29 is 0 Å². The largest absolute Gasteiger partial charge is 0.318 e. The predicted molar refractivity (Wildman–Crippen MR) is 89.8 cm³/mol. The second-order valence-electron chi connectivity index (χ2n) is 4.86. The molecule has 1 atom stereocenters. The van der Waals surface area contributed by atoms with Crippen molar-refractivity contribution in [2.45, 2.75) is 13.0 Å². The van der Waals surface area contributed by atoms with Gasteiger partial charge in [-0.15, -0.1) is 11.3 Å². The van der Waals surface area contributed by atoms with Gasteiger partial charge in [0, 0.05) is 15.5 Å². The fourth-order valence-electron chi connectivity index (χ4n) is 2.26. The topological polar surface area (TPSA) is 38.9 Å². The first-order valence-electron chi connectivity index (χ1n) is 6.69. The Morgan fingerprint density at radius 3 is 2.57 bits per heavy atom. The van der Waals surface area contributed by atoms with Crippen LogP contribution >= 0.6 is 22.9 Å². The van der Waals surface area contributed by atoms with Gasteiger partial charge in [-0.3, -0.25) is 0 Å². The molecule has 0 amide bonds. The molecule has 0 spiro atoms. The third-order valence-corrected chi connectivity index (χ3v) is 4.62. The van der Waals surface area contributed by atoms with Gasteiger partial charge >= 0.3 is 0 Å². The summed E-state index contributed by atoms with van der Waals surface area (Å²) in [5, 5.41) is 1.64. The smallest absolute Gasteiger partial charge is 0.115 e. The summed E-state index contributed by atoms with van der Waals surface area (Å²) in [5.41, 5.74) is 9.39. The molecule has 2 aromatic carbocycles. The van der Waals surface area contributed by atoms with E-state index >= 15 is 0 Å². The van der Waals surface area contributed by atoms with E-state index in [9.17, 15) is 0 Å². The summed E-state index contributed by atoms with van der Waals surface area (Å²) in [7, 11) is 0. The molecule has 0 aliphatic heterocycles. The summed E-state index contributed by atoms with van der Waals surface area (Å²) in [5.74, 6) is 0. The van der Waals surface area contributed by atoms with Gasteiger partial charge in [-0.05, 0) is 24.6 Å². The summed E-state index contributed by atoms with van der Waals surface area (Å²) >= 11 is 7.70. The number of rotatable bonds is 3. The van der Waals surface area contributed by atoms with E-state index in [0.717, 1.165) is 26.7 Å². The van der Waals surface area contributed by atoms with Crippen molar-refractivity contribution in [2.24, 2.45) is 5.73 Å². The molecular weight excluding hydrogens is 300 g/mol. The minimum Gasteiger partial charge on any atom is -0.318 e. The van der Waals surface area contributed by atoms with Gasteiger partial charge in [0.2, 0.25) is 0 Å². The molecule has 1 unspecified atom stereocenters. The van der Waals surface area contributed by atoms with Gasteiger partial charge in [0.25, 0.3) is 0 Å². The van der Waals surface area contributed by atoms with Crippen molar-refractivity contribution in [1.29, 1.82) is 0 Å². The lowest BCUT2D eigenvalue weighted by Crippen LogP contribution is -2.11. The second kappa shape index (κ2) is 5.98. The maximum atomic E-state index is 6.33. The number of nitrogens with zero attached hydrogens (tertiary/aromatic N) is 1. The van der Waals surface area contributed by atoms with Gasteiger partial charge in [0.15, 0.2) is 0 Å². The molecule has 2 N–H and O–H groups in total. The molecular formula is C17H15ClN2S. The van der Waals surface area contributed by atoms with Crippen molar-refractivity contribution in [3.8, 4) is 11.3 Å². The summed E-state index contributed by atoms with van der Waals surface area (Å²) in [4.78, 5) is 5.88. The Kier molecular flexibility index (Phi) is 4.06. The first-order valence-corrected chi connectivity index (χ1v) is 7.88. The molecule has 1 heterocycles. The van der Waals surface area contributed by atoms with Gasteiger partial charge in [0.05, 0.1) is 11.7 Å². The normalized spacial score (nSPS) is 12.3. The van der Waals surface area contributed by atoms with E-state index in [2.05, 4.69) is 6.92 Å². The molecule has 0 bridgehead atoms. The van der Waals surface area contributed by atoms with Crippen LogP contribution in [0.3, 0.4) is 0 Å². The van der Waals surface area contributed by atoms with Crippen LogP contribution in [0.1, 0.15) is 21.5 Å². The zero-order valence-corrected chi connectivity index (χ0v) is 13.2. The molecule has 4 heteroatoms. The first kappa shape index (κ1) is 14.3. The number of hydrogen-bond acceptors (Lipinski definition) is 3. The van der Waals surface area contributed by atoms with Crippen LogP contribution in [0, 0.1) is 6.92 Å². The van der Waals surface area contributed by atoms with Gasteiger partial charge in [-0.25, -0.2) is 4.98 Å². The number of aromatic nitrogens is 1. The van der Waals surface area contributed by atoms with Crippen molar-refractivity contribution in [1.82, 2.24) is 4.98 Å². The number of benzene rings is 2. The molecule has 3 aromatic rings. The van der Waals surface area contributed by atoms with E-state index < -0.39 is 0 Å². The van der Waals surface area contributed by atoms with Crippen molar-refractivity contribution in [2.75, 3.05) is 0 Å². The molecule has 0 radical (unpaired) electrons. The minimum absolute atomic E-state index is 0.192. The highest BCUT2D eigenvalue weighted by molar-refractivity contribution is 7.12. The van der Waals surface area contributed by atoms with Crippen LogP contribution < -0.4 is 5.73 Å². The highest BCUT2D eigenvalue weighted by atomic mass is 35.5. The van der Waals surface area contributed by atoms with E-state index in [-0.39, 0.29) is 6.04 Å². The van der Waals surface area contributed by atoms with Gasteiger partial charge in [-0.1, -0.05) is 54.1 Å². The van der Waals surface area contributed by atoms with E-state index in [1.807, 2.05) is 54.6 Å². The third kappa shape index (κ3) is 3.00. The highest BCUT2D eigenvalue weighted by Gasteiger charge is 2.16. The predicted octanol–water partition coefficient (Wildman–Crippen LogP) is 4.82. The SMILES string of the molecule is Cc1sc(C(N)c2ccccc2)nc1-c1cccc(Cl)c1. The molecule has 3 rings (SSSR count). The summed E-state index contributed by atoms with van der Waals surface area (Å²) in [6.07, 6.45) is 0. The average Bonchev–Trinajstić information content (AvgIpc) is 2.89. The molecule has 0 fully saturated rings. The number of thiazole rings is 1. The van der Waals surface area contributed by atoms with Gasteiger partial charge in [0.1, 0.15) is 5.01 Å². The van der Waals surface area contributed by atoms with Crippen LogP contribution in [-0.4, -0.2) is 4.98 Å². The fourth-order valence-corrected chi connectivity index (χ4v) is 3.42. The van der Waals surface area contributed by atoms with E-state index in [0.29, 0.717) is 5.02 Å². The lowest BCUT2D eigenvalue weighted by atomic mass is 10.1. The quantitative estimate of drug-likeness (QED) is 0.752. The zero-order chi connectivity index (χ0) is 14.8. The van der Waals surface area contributed by atoms with Crippen molar-refractivity contribution in [3.05, 3.63) is 75.1 Å². The molecule has 0 saturated heterocycles. The summed E-state index contributed by atoms with van der Waals surface area (Å²) in [6.45, 7) is 2.06. The number of aryl methyl sites for hydroxylation is 1. The maximum absolute atomic E-state index is 6.33. The Bertz CT molecular complexity index is 752. The lowest BCUT2D eigenvalue weighted by Gasteiger charge is -2.08. The summed E-state index contributed by atoms with van der Waals surface area (Å²) < 4.78 is 0. The van der Waals surface area contributed by atoms with E-state index in [1.165, 1.54) is 0 Å². The number of halogens is 1. The van der Waals surface area contributed by atoms with Crippen molar-refractivity contribution in [3.63, 3.8) is 0 Å². The van der Waals surface area contributed by atoms with Crippen LogP contribution in [0.15, 0.2) is 54.6 Å². The Morgan fingerprint density at radius 2 is 1.86 bits per heavy atom. The van der Waals surface area contributed by atoms with E-state index in [1.54, 1.807) is 11.3 Å². The van der Waals surface area contributed by atoms with Crippen LogP contribution in [0.25, 0.3) is 11.3 Å². The Morgan fingerprint density at radius 1 is 1.10 bits per heavy atom. The molecule has 0 aliphatic rings. The van der Waals surface area contributed by atoms with Crippen molar-refractivity contribution >= 4 is 22.9 Å². The zero-order valence-electron chi connectivity index (χ0n) is 11.6. The molecule has 0 aliphatic carbocycles. The molecule has 0 saturated carbocycles. The Labute approximate surface area is 133 Å². The van der Waals surface area contributed by atoms with E-state index in [4.69, 9.17) is 22.3 Å². The van der Waals surface area contributed by atoms with Crippen LogP contribution in [0.5, 0.6) is 0 Å². The van der Waals surface area contributed by atoms with Gasteiger partial charge < -0.3 is 5.73 Å². The summed E-state index contributed by atoms with van der Waals surface area (Å²) in [6, 6.07) is 17.6. The van der Waals surface area contributed by atoms with Crippen LogP contribution in [0.2, 0.25) is 5.02 Å². The maximum Gasteiger partial charge on any atom is 0.115 e. The Balaban J connectivity index is 1.98. The first-order chi connectivity index (χ1) is 10.1. The fraction of sp³-hybridized carbons (Fsp3) is 0.118. The number of hydrogen-bond donors (Lipinski definition) is 1.